The van der Waals surface area contributed by atoms with Gasteiger partial charge in [0.25, 0.3) is 5.69 Å². The van der Waals surface area contributed by atoms with E-state index in [1.807, 2.05) is 0 Å². The summed E-state index contributed by atoms with van der Waals surface area (Å²) in [5.41, 5.74) is 23.7. The van der Waals surface area contributed by atoms with Crippen LogP contribution in [0.25, 0.3) is 10.9 Å². The molecule has 9 amide bonds. The number of carbonyl (C=O) groups excluding carboxylic acids is 9. The van der Waals surface area contributed by atoms with Gasteiger partial charge in [-0.05, 0) is 75.1 Å². The maximum absolute atomic E-state index is 14.6. The number of nitro benzene ring substituents is 1. The number of rotatable bonds is 19. The van der Waals surface area contributed by atoms with Gasteiger partial charge in [-0.3, -0.25) is 64.1 Å². The van der Waals surface area contributed by atoms with Crippen LogP contribution in [-0.4, -0.2) is 143 Å². The topological polar surface area (TPSA) is 485 Å². The van der Waals surface area contributed by atoms with Gasteiger partial charge in [0.15, 0.2) is 11.9 Å². The minimum absolute atomic E-state index is 0.0159. The van der Waals surface area contributed by atoms with Crippen molar-refractivity contribution in [3.8, 4) is 0 Å². The number of aromatic nitrogens is 1. The molecule has 21 N–H and O–H groups in total. The third-order valence-corrected chi connectivity index (χ3v) is 12.3. The number of H-pyrrole nitrogens is 1. The number of para-hydroxylation sites is 1. The number of fused-ring (bicyclic) bond motifs is 1. The predicted octanol–water partition coefficient (Wildman–Crippen LogP) is -3.67. The molecule has 3 aromatic rings. The lowest BCUT2D eigenvalue weighted by Gasteiger charge is -2.28. The first-order chi connectivity index (χ1) is 36.6. The van der Waals surface area contributed by atoms with E-state index >= 15 is 0 Å². The van der Waals surface area contributed by atoms with Crippen LogP contribution in [0, 0.1) is 20.9 Å². The number of guanidine groups is 2. The molecule has 0 radical (unpaired) electrons. The van der Waals surface area contributed by atoms with E-state index in [4.69, 9.17) is 33.8 Å². The number of nitrogens with two attached hydrogens (primary N) is 4. The molecule has 2 aromatic carbocycles. The van der Waals surface area contributed by atoms with Crippen molar-refractivity contribution in [3.63, 3.8) is 0 Å². The Bertz CT molecular complexity index is 2630. The molecule has 77 heavy (non-hydrogen) atoms. The molecule has 2 heterocycles. The van der Waals surface area contributed by atoms with Crippen LogP contribution in [0.1, 0.15) is 75.8 Å². The van der Waals surface area contributed by atoms with Crippen LogP contribution in [0.15, 0.2) is 54.7 Å². The van der Waals surface area contributed by atoms with Gasteiger partial charge in [-0.2, -0.15) is 0 Å². The van der Waals surface area contributed by atoms with Crippen LogP contribution in [-0.2, 0) is 56.0 Å². The van der Waals surface area contributed by atoms with Gasteiger partial charge in [0.2, 0.25) is 53.2 Å². The molecule has 4 rings (SSSR count). The second kappa shape index (κ2) is 30.5. The zero-order valence-electron chi connectivity index (χ0n) is 42.6. The third kappa shape index (κ3) is 20.4. The van der Waals surface area contributed by atoms with E-state index in [0.717, 1.165) is 5.52 Å². The molecule has 7 atom stereocenters. The summed E-state index contributed by atoms with van der Waals surface area (Å²) in [7, 11) is 0. The van der Waals surface area contributed by atoms with Gasteiger partial charge in [-0.25, -0.2) is 0 Å². The second-order valence-electron chi connectivity index (χ2n) is 18.3. The minimum Gasteiger partial charge on any atom is -0.370 e. The van der Waals surface area contributed by atoms with Crippen LogP contribution in [0.2, 0.25) is 0 Å². The van der Waals surface area contributed by atoms with Crippen LogP contribution in [0.4, 0.5) is 5.69 Å². The molecule has 0 bridgehead atoms. The predicted molar refractivity (Wildman–Crippen MR) is 281 cm³/mol. The SMILES string of the molecule is CC(=O)N[C@@H](CCCNC(=N)N)C(=O)N[C@H]1CCC(=O)NCCC[C@@H](C(N)=O)NC(=O)[C@H](Cc2c[nH]c3ccccc23)NC(=O)[C@H](CCCNC(=N)N)NC(=O)[C@@H](Cc2cccc([N+](=O)[O-])c2)NC(=O)[C@H](CCN)NC1=O. The minimum atomic E-state index is -1.63. The molecule has 1 aliphatic heterocycles. The van der Waals surface area contributed by atoms with E-state index in [9.17, 15) is 53.3 Å². The van der Waals surface area contributed by atoms with Crippen LogP contribution in [0.3, 0.4) is 0 Å². The fourth-order valence-electron chi connectivity index (χ4n) is 8.33. The maximum Gasteiger partial charge on any atom is 0.269 e. The third-order valence-electron chi connectivity index (χ3n) is 12.3. The smallest absolute Gasteiger partial charge is 0.269 e. The van der Waals surface area contributed by atoms with Crippen molar-refractivity contribution in [3.05, 3.63) is 76.0 Å². The molecular formula is C48H70N18O11. The normalized spacial score (nSPS) is 20.8. The van der Waals surface area contributed by atoms with Crippen LogP contribution in [0.5, 0.6) is 0 Å². The van der Waals surface area contributed by atoms with Crippen molar-refractivity contribution in [2.75, 3.05) is 26.2 Å². The summed E-state index contributed by atoms with van der Waals surface area (Å²) in [6.45, 7) is 1.12. The van der Waals surface area contributed by atoms with Gasteiger partial charge in [0.05, 0.1) is 4.92 Å². The van der Waals surface area contributed by atoms with Crippen LogP contribution >= 0.6 is 0 Å². The van der Waals surface area contributed by atoms with Crippen molar-refractivity contribution in [2.45, 2.75) is 120 Å². The zero-order valence-corrected chi connectivity index (χ0v) is 42.6. The van der Waals surface area contributed by atoms with E-state index in [1.165, 1.54) is 31.2 Å². The van der Waals surface area contributed by atoms with Gasteiger partial charge >= 0.3 is 0 Å². The monoisotopic (exact) mass is 1070 g/mol. The molecule has 1 aliphatic rings. The fourth-order valence-corrected chi connectivity index (χ4v) is 8.33. The van der Waals surface area contributed by atoms with E-state index in [0.29, 0.717) is 10.9 Å². The number of primary amides is 1. The fraction of sp³-hybridized carbons (Fsp3) is 0.479. The largest absolute Gasteiger partial charge is 0.370 e. The van der Waals surface area contributed by atoms with Crippen molar-refractivity contribution in [1.82, 2.24) is 58.2 Å². The summed E-state index contributed by atoms with van der Waals surface area (Å²) in [5, 5.41) is 53.5. The van der Waals surface area contributed by atoms with Gasteiger partial charge in [0.1, 0.15) is 42.3 Å². The number of carbonyl (C=O) groups is 9. The molecule has 1 aromatic heterocycles. The van der Waals surface area contributed by atoms with E-state index in [2.05, 4.69) is 58.2 Å². The highest BCUT2D eigenvalue weighted by Gasteiger charge is 2.35. The quantitative estimate of drug-likeness (QED) is 0.0181. The second-order valence-corrected chi connectivity index (χ2v) is 18.3. The van der Waals surface area contributed by atoms with Gasteiger partial charge in [-0.1, -0.05) is 30.3 Å². The van der Waals surface area contributed by atoms with Crippen molar-refractivity contribution < 1.29 is 48.1 Å². The molecule has 0 aliphatic carbocycles. The lowest BCUT2D eigenvalue weighted by atomic mass is 10.0. The number of hydrogen-bond donors (Lipinski definition) is 17. The van der Waals surface area contributed by atoms with Gasteiger partial charge in [0, 0.05) is 75.1 Å². The first-order valence-corrected chi connectivity index (χ1v) is 24.9. The molecule has 1 saturated heterocycles. The molecule has 29 nitrogen and oxygen atoms in total. The maximum atomic E-state index is 14.6. The summed E-state index contributed by atoms with van der Waals surface area (Å²) in [6, 6.07) is 2.26. The number of hydrogen-bond acceptors (Lipinski definition) is 14. The molecular weight excluding hydrogens is 1000 g/mol. The Morgan fingerprint density at radius 1 is 0.766 bits per heavy atom. The standard InChI is InChI=1S/C48H70N18O11/c1-26(67)59-33(13-6-20-56-47(51)52)41(70)62-35-15-16-39(68)55-19-5-12-32(40(50)69)60-46(75)38(24-28-25-58-31-11-3-2-10-30(28)31)65-42(71)34(14-7-21-57-48(53)54)61-45(74)37(23-27-8-4-9-29(22-27)66(76)77)64-44(73)36(17-18-49)63-43(35)72/h2-4,8-11,22,25,32-38,58H,5-7,12-21,23-24,49H2,1H3,(H2,50,69)(H,55,68)(H,59,67)(H,60,75)(H,61,74)(H,62,70)(H,63,72)(H,64,73)(H,65,71)(H4,51,52,56)(H4,53,54,57)/t32-,33-,34-,35-,36-,37+,38-/m0/s1. The number of benzene rings is 2. The highest BCUT2D eigenvalue weighted by atomic mass is 16.6. The van der Waals surface area contributed by atoms with E-state index in [-0.39, 0.29) is 114 Å². The molecule has 1 fully saturated rings. The highest BCUT2D eigenvalue weighted by molar-refractivity contribution is 5.98. The molecule has 418 valence electrons. The average Bonchev–Trinajstić information content (AvgIpc) is 3.79. The lowest BCUT2D eigenvalue weighted by molar-refractivity contribution is -0.384. The van der Waals surface area contributed by atoms with Gasteiger partial charge in [-0.15, -0.1) is 0 Å². The van der Waals surface area contributed by atoms with Gasteiger partial charge < -0.3 is 81.1 Å². The Kier molecular flexibility index (Phi) is 24.0. The Labute approximate surface area is 442 Å². The molecule has 29 heteroatoms. The van der Waals surface area contributed by atoms with Crippen molar-refractivity contribution >= 4 is 81.7 Å². The summed E-state index contributed by atoms with van der Waals surface area (Å²) in [4.78, 5) is 138. The number of nitro groups is 1. The first kappa shape index (κ1) is 60.7. The summed E-state index contributed by atoms with van der Waals surface area (Å²) in [6.07, 6.45) is 0.307. The number of amides is 9. The number of aromatic amines is 1. The summed E-state index contributed by atoms with van der Waals surface area (Å²) in [5.74, 6) is -8.36. The van der Waals surface area contributed by atoms with Crippen LogP contribution < -0.4 is 76.1 Å². The Morgan fingerprint density at radius 2 is 1.38 bits per heavy atom. The average molecular weight is 1080 g/mol. The molecule has 0 saturated carbocycles. The zero-order chi connectivity index (χ0) is 56.6. The lowest BCUT2D eigenvalue weighted by Crippen LogP contribution is -2.60. The Morgan fingerprint density at radius 3 is 2.03 bits per heavy atom. The number of nitrogens with one attached hydrogen (secondary N) is 13. The van der Waals surface area contributed by atoms with Crippen molar-refractivity contribution in [2.24, 2.45) is 22.9 Å². The Hall–Kier alpha value is -8.89. The Balaban J connectivity index is 1.79. The summed E-state index contributed by atoms with van der Waals surface area (Å²) >= 11 is 0. The number of nitrogens with zero attached hydrogens (tertiary/aromatic N) is 1. The van der Waals surface area contributed by atoms with Crippen molar-refractivity contribution in [1.29, 1.82) is 10.8 Å². The number of non-ortho nitro benzene ring substituents is 1. The molecule has 0 unspecified atom stereocenters. The summed E-state index contributed by atoms with van der Waals surface area (Å²) < 4.78 is 0. The molecule has 0 spiro atoms. The van der Waals surface area contributed by atoms with E-state index < -0.39 is 107 Å². The highest BCUT2D eigenvalue weighted by Crippen LogP contribution is 2.20. The first-order valence-electron chi connectivity index (χ1n) is 24.9. The van der Waals surface area contributed by atoms with E-state index in [1.54, 1.807) is 30.5 Å².